The molecule has 1 atom stereocenters. The first-order chi connectivity index (χ1) is 12.5. The fourth-order valence-electron chi connectivity index (χ4n) is 3.89. The number of likely N-dealkylation sites (tertiary alicyclic amines) is 1. The van der Waals surface area contributed by atoms with E-state index in [0.29, 0.717) is 10.8 Å². The van der Waals surface area contributed by atoms with Gasteiger partial charge in [-0.05, 0) is 72.1 Å². The molecule has 4 nitrogen and oxygen atoms in total. The van der Waals surface area contributed by atoms with Crippen molar-refractivity contribution in [2.75, 3.05) is 19.3 Å². The molecule has 0 spiro atoms. The van der Waals surface area contributed by atoms with Crippen LogP contribution in [0.5, 0.6) is 0 Å². The second kappa shape index (κ2) is 6.89. The van der Waals surface area contributed by atoms with Crippen molar-refractivity contribution in [3.05, 3.63) is 65.9 Å². The molecular weight excluding hydrogens is 344 g/mol. The summed E-state index contributed by atoms with van der Waals surface area (Å²) in [5.74, 6) is 0.682. The van der Waals surface area contributed by atoms with E-state index in [0.717, 1.165) is 26.1 Å². The molecule has 3 aromatic rings. The number of hydrogen-bond donors (Lipinski definition) is 1. The summed E-state index contributed by atoms with van der Waals surface area (Å²) in [7, 11) is -3.12. The van der Waals surface area contributed by atoms with Crippen molar-refractivity contribution < 1.29 is 8.42 Å². The van der Waals surface area contributed by atoms with Crippen molar-refractivity contribution in [3.63, 3.8) is 0 Å². The Morgan fingerprint density at radius 3 is 2.62 bits per heavy atom. The molecule has 1 saturated heterocycles. The summed E-state index contributed by atoms with van der Waals surface area (Å²) < 4.78 is 23.1. The molecule has 0 bridgehead atoms. The summed E-state index contributed by atoms with van der Waals surface area (Å²) in [6.45, 7) is 3.08. The Labute approximate surface area is 154 Å². The number of H-pyrrole nitrogens is 1. The molecule has 1 aliphatic heterocycles. The molecule has 0 saturated carbocycles. The van der Waals surface area contributed by atoms with Gasteiger partial charge in [0, 0.05) is 31.1 Å². The molecular formula is C21H24N2O2S. The maximum Gasteiger partial charge on any atom is 0.175 e. The van der Waals surface area contributed by atoms with E-state index in [1.54, 1.807) is 12.1 Å². The first kappa shape index (κ1) is 17.3. The van der Waals surface area contributed by atoms with Crippen LogP contribution < -0.4 is 0 Å². The van der Waals surface area contributed by atoms with Gasteiger partial charge in [-0.1, -0.05) is 18.2 Å². The molecule has 1 aromatic heterocycles. The third-order valence-electron chi connectivity index (χ3n) is 5.27. The lowest BCUT2D eigenvalue weighted by atomic mass is 9.98. The topological polar surface area (TPSA) is 53.2 Å². The lowest BCUT2D eigenvalue weighted by molar-refractivity contribution is 0.316. The maximum atomic E-state index is 11.6. The van der Waals surface area contributed by atoms with E-state index in [9.17, 15) is 8.42 Å². The summed E-state index contributed by atoms with van der Waals surface area (Å²) in [6, 6.07) is 16.1. The van der Waals surface area contributed by atoms with Crippen molar-refractivity contribution in [3.8, 4) is 0 Å². The van der Waals surface area contributed by atoms with Gasteiger partial charge in [0.05, 0.1) is 4.90 Å². The summed E-state index contributed by atoms with van der Waals surface area (Å²) in [4.78, 5) is 6.10. The van der Waals surface area contributed by atoms with Crippen LogP contribution in [0.25, 0.3) is 10.9 Å². The number of aromatic nitrogens is 1. The number of benzene rings is 2. The van der Waals surface area contributed by atoms with Gasteiger partial charge in [-0.3, -0.25) is 4.90 Å². The van der Waals surface area contributed by atoms with E-state index in [-0.39, 0.29) is 0 Å². The normalized spacial score (nSPS) is 18.6. The van der Waals surface area contributed by atoms with Crippen LogP contribution in [0.15, 0.2) is 59.6 Å². The van der Waals surface area contributed by atoms with E-state index >= 15 is 0 Å². The van der Waals surface area contributed by atoms with E-state index in [1.165, 1.54) is 34.7 Å². The quantitative estimate of drug-likeness (QED) is 0.748. The SMILES string of the molecule is CS(=O)(=O)c1ccc(CN2CC[C@@H](Cc3ccc4[nH]ccc4c3)C2)cc1. The van der Waals surface area contributed by atoms with Gasteiger partial charge in [-0.2, -0.15) is 0 Å². The van der Waals surface area contributed by atoms with E-state index in [2.05, 4.69) is 34.1 Å². The van der Waals surface area contributed by atoms with Crippen molar-refractivity contribution in [1.29, 1.82) is 0 Å². The molecule has 0 amide bonds. The van der Waals surface area contributed by atoms with E-state index in [1.807, 2.05) is 18.3 Å². The third-order valence-corrected chi connectivity index (χ3v) is 6.40. The second-order valence-electron chi connectivity index (χ2n) is 7.41. The van der Waals surface area contributed by atoms with Crippen molar-refractivity contribution in [2.24, 2.45) is 5.92 Å². The van der Waals surface area contributed by atoms with Crippen LogP contribution in [0.3, 0.4) is 0 Å². The van der Waals surface area contributed by atoms with Gasteiger partial charge in [-0.25, -0.2) is 8.42 Å². The summed E-state index contributed by atoms with van der Waals surface area (Å²) >= 11 is 0. The van der Waals surface area contributed by atoms with Gasteiger partial charge in [0.15, 0.2) is 9.84 Å². The fourth-order valence-corrected chi connectivity index (χ4v) is 4.52. The Hall–Kier alpha value is -2.11. The Kier molecular flexibility index (Phi) is 4.59. The molecule has 1 aliphatic rings. The molecule has 1 N–H and O–H groups in total. The summed E-state index contributed by atoms with van der Waals surface area (Å²) in [5, 5.41) is 1.28. The van der Waals surface area contributed by atoms with Gasteiger partial charge >= 0.3 is 0 Å². The molecule has 2 heterocycles. The summed E-state index contributed by atoms with van der Waals surface area (Å²) in [6.07, 6.45) is 5.57. The summed E-state index contributed by atoms with van der Waals surface area (Å²) in [5.41, 5.74) is 3.77. The van der Waals surface area contributed by atoms with Crippen LogP contribution in [-0.4, -0.2) is 37.6 Å². The molecule has 0 aliphatic carbocycles. The van der Waals surface area contributed by atoms with Gasteiger partial charge in [0.1, 0.15) is 0 Å². The zero-order chi connectivity index (χ0) is 18.1. The Morgan fingerprint density at radius 1 is 1.08 bits per heavy atom. The number of nitrogens with one attached hydrogen (secondary N) is 1. The van der Waals surface area contributed by atoms with Crippen LogP contribution in [0.1, 0.15) is 17.5 Å². The molecule has 0 radical (unpaired) electrons. The first-order valence-electron chi connectivity index (χ1n) is 9.05. The highest BCUT2D eigenvalue weighted by Crippen LogP contribution is 2.24. The predicted molar refractivity (Wildman–Crippen MR) is 105 cm³/mol. The minimum absolute atomic E-state index is 0.390. The molecule has 2 aromatic carbocycles. The monoisotopic (exact) mass is 368 g/mol. The number of hydrogen-bond acceptors (Lipinski definition) is 3. The highest BCUT2D eigenvalue weighted by Gasteiger charge is 2.22. The number of aromatic amines is 1. The van der Waals surface area contributed by atoms with Crippen LogP contribution in [0.4, 0.5) is 0 Å². The van der Waals surface area contributed by atoms with Gasteiger partial charge in [0.25, 0.3) is 0 Å². The average Bonchev–Trinajstić information content (AvgIpc) is 3.23. The van der Waals surface area contributed by atoms with Crippen molar-refractivity contribution in [2.45, 2.75) is 24.3 Å². The van der Waals surface area contributed by atoms with Crippen LogP contribution >= 0.6 is 0 Å². The van der Waals surface area contributed by atoms with Gasteiger partial charge in [-0.15, -0.1) is 0 Å². The van der Waals surface area contributed by atoms with E-state index < -0.39 is 9.84 Å². The van der Waals surface area contributed by atoms with Crippen LogP contribution in [0, 0.1) is 5.92 Å². The minimum atomic E-state index is -3.12. The molecule has 26 heavy (non-hydrogen) atoms. The Balaban J connectivity index is 1.36. The molecule has 0 unspecified atom stereocenters. The number of rotatable bonds is 5. The molecule has 4 rings (SSSR count). The van der Waals surface area contributed by atoms with E-state index in [4.69, 9.17) is 0 Å². The number of sulfone groups is 1. The lowest BCUT2D eigenvalue weighted by Crippen LogP contribution is -2.20. The first-order valence-corrected chi connectivity index (χ1v) is 10.9. The van der Waals surface area contributed by atoms with Crippen LogP contribution in [-0.2, 0) is 22.8 Å². The van der Waals surface area contributed by atoms with Crippen molar-refractivity contribution in [1.82, 2.24) is 9.88 Å². The van der Waals surface area contributed by atoms with Crippen molar-refractivity contribution >= 4 is 20.7 Å². The molecule has 136 valence electrons. The number of nitrogens with zero attached hydrogens (tertiary/aromatic N) is 1. The third kappa shape index (κ3) is 3.84. The standard InChI is InChI=1S/C21H24N2O2S/c1-26(24,25)20-5-2-16(3-6-20)14-23-11-9-18(15-23)12-17-4-7-21-19(13-17)8-10-22-21/h2-8,10,13,18,22H,9,11-12,14-15H2,1H3/t18-/m0/s1. The Morgan fingerprint density at radius 2 is 1.85 bits per heavy atom. The highest BCUT2D eigenvalue weighted by molar-refractivity contribution is 7.90. The average molecular weight is 369 g/mol. The number of fused-ring (bicyclic) bond motifs is 1. The second-order valence-corrected chi connectivity index (χ2v) is 9.43. The van der Waals surface area contributed by atoms with Crippen LogP contribution in [0.2, 0.25) is 0 Å². The largest absolute Gasteiger partial charge is 0.361 e. The van der Waals surface area contributed by atoms with Gasteiger partial charge < -0.3 is 4.98 Å². The fraction of sp³-hybridized carbons (Fsp3) is 0.333. The highest BCUT2D eigenvalue weighted by atomic mass is 32.2. The minimum Gasteiger partial charge on any atom is -0.361 e. The molecule has 1 fully saturated rings. The zero-order valence-corrected chi connectivity index (χ0v) is 15.8. The maximum absolute atomic E-state index is 11.6. The molecule has 5 heteroatoms. The van der Waals surface area contributed by atoms with Gasteiger partial charge in [0.2, 0.25) is 0 Å². The smallest absolute Gasteiger partial charge is 0.175 e. The zero-order valence-electron chi connectivity index (χ0n) is 15.0. The Bertz CT molecular complexity index is 1010. The lowest BCUT2D eigenvalue weighted by Gasteiger charge is -2.16. The predicted octanol–water partition coefficient (Wildman–Crippen LogP) is 3.64.